The van der Waals surface area contributed by atoms with Gasteiger partial charge in [-0.2, -0.15) is 0 Å². The van der Waals surface area contributed by atoms with Gasteiger partial charge < -0.3 is 19.3 Å². The van der Waals surface area contributed by atoms with Crippen LogP contribution in [0.5, 0.6) is 0 Å². The molecule has 2 aliphatic rings. The van der Waals surface area contributed by atoms with E-state index in [-0.39, 0.29) is 23.8 Å². The highest BCUT2D eigenvalue weighted by Gasteiger charge is 2.37. The highest BCUT2D eigenvalue weighted by molar-refractivity contribution is 5.95. The molecule has 1 saturated carbocycles. The molecule has 0 bridgehead atoms. The molecule has 1 aliphatic heterocycles. The van der Waals surface area contributed by atoms with E-state index in [2.05, 4.69) is 21.1 Å². The molecule has 3 heterocycles. The number of aryl methyl sites for hydroxylation is 2. The number of benzene rings is 2. The van der Waals surface area contributed by atoms with Gasteiger partial charge in [-0.25, -0.2) is 13.8 Å². The molecule has 8 nitrogen and oxygen atoms in total. The number of aromatic nitrogens is 3. The molecule has 2 aromatic heterocycles. The fraction of sp³-hybridized carbons (Fsp3) is 0.455. The van der Waals surface area contributed by atoms with Crippen molar-refractivity contribution < 1.29 is 22.9 Å². The van der Waals surface area contributed by atoms with Gasteiger partial charge in [-0.3, -0.25) is 9.59 Å². The highest BCUT2D eigenvalue weighted by atomic mass is 19.2. The van der Waals surface area contributed by atoms with E-state index in [9.17, 15) is 18.4 Å². The summed E-state index contributed by atoms with van der Waals surface area (Å²) in [6.45, 7) is 6.51. The standard InChI is InChI=1S/C33H37F2N5O3/c1-4-16-36-33(42)21-8-11-23(12-9-21)40-28-15-10-22(31-19(2)38-43-20(31)3)17-27(28)37-32(40)29-6-5-7-30(41)39(29)24-13-14-25(34)26(35)18-24/h10,13-15,17-18,21,23,29H,4-9,11-12,16H2,1-3H3,(H,36,42)/t21?,23?,29-/m0/s1. The third-order valence-corrected chi connectivity index (χ3v) is 8.95. The van der Waals surface area contributed by atoms with Crippen LogP contribution < -0.4 is 10.2 Å². The van der Waals surface area contributed by atoms with Crippen LogP contribution in [-0.2, 0) is 9.59 Å². The minimum absolute atomic E-state index is 0.0258. The number of amides is 2. The van der Waals surface area contributed by atoms with Crippen molar-refractivity contribution in [2.75, 3.05) is 11.4 Å². The Hall–Kier alpha value is -4.08. The van der Waals surface area contributed by atoms with Gasteiger partial charge in [0.2, 0.25) is 11.8 Å². The molecule has 226 valence electrons. The molecule has 1 atom stereocenters. The number of nitrogens with zero attached hydrogens (tertiary/aromatic N) is 4. The molecule has 10 heteroatoms. The van der Waals surface area contributed by atoms with E-state index < -0.39 is 17.7 Å². The van der Waals surface area contributed by atoms with Crippen LogP contribution in [0.15, 0.2) is 40.9 Å². The number of piperidine rings is 1. The van der Waals surface area contributed by atoms with Gasteiger partial charge in [0.05, 0.1) is 22.8 Å². The first kappa shape index (κ1) is 29.0. The lowest BCUT2D eigenvalue weighted by molar-refractivity contribution is -0.126. The molecular formula is C33H37F2N5O3. The van der Waals surface area contributed by atoms with Gasteiger partial charge in [0, 0.05) is 42.2 Å². The maximum atomic E-state index is 14.4. The first-order valence-corrected chi connectivity index (χ1v) is 15.3. The fourth-order valence-electron chi connectivity index (χ4n) is 6.85. The summed E-state index contributed by atoms with van der Waals surface area (Å²) < 4.78 is 35.9. The lowest BCUT2D eigenvalue weighted by Crippen LogP contribution is -2.40. The van der Waals surface area contributed by atoms with E-state index >= 15 is 0 Å². The lowest BCUT2D eigenvalue weighted by Gasteiger charge is -2.37. The molecule has 1 saturated heterocycles. The number of anilines is 1. The summed E-state index contributed by atoms with van der Waals surface area (Å²) in [7, 11) is 0. The number of carbonyl (C=O) groups excluding carboxylic acids is 2. The van der Waals surface area contributed by atoms with E-state index in [4.69, 9.17) is 9.51 Å². The van der Waals surface area contributed by atoms with Crippen LogP contribution in [0, 0.1) is 31.4 Å². The Labute approximate surface area is 249 Å². The van der Waals surface area contributed by atoms with E-state index in [1.165, 1.54) is 6.07 Å². The Morgan fingerprint density at radius 3 is 2.53 bits per heavy atom. The van der Waals surface area contributed by atoms with Crippen molar-refractivity contribution in [3.63, 3.8) is 0 Å². The second-order valence-electron chi connectivity index (χ2n) is 11.8. The minimum Gasteiger partial charge on any atom is -0.361 e. The summed E-state index contributed by atoms with van der Waals surface area (Å²) in [4.78, 5) is 32.8. The van der Waals surface area contributed by atoms with Crippen LogP contribution in [0.1, 0.15) is 87.7 Å². The second-order valence-corrected chi connectivity index (χ2v) is 11.8. The number of carbonyl (C=O) groups is 2. The molecule has 0 spiro atoms. The zero-order valence-electron chi connectivity index (χ0n) is 24.8. The Kier molecular flexibility index (Phi) is 8.03. The molecule has 1 aliphatic carbocycles. The normalized spacial score (nSPS) is 21.0. The first-order valence-electron chi connectivity index (χ1n) is 15.3. The monoisotopic (exact) mass is 589 g/mol. The number of imidazole rings is 1. The molecule has 6 rings (SSSR count). The third-order valence-electron chi connectivity index (χ3n) is 8.95. The summed E-state index contributed by atoms with van der Waals surface area (Å²) in [6.07, 6.45) is 5.63. The van der Waals surface area contributed by atoms with Gasteiger partial charge in [0.25, 0.3) is 0 Å². The fourth-order valence-corrected chi connectivity index (χ4v) is 6.85. The largest absolute Gasteiger partial charge is 0.361 e. The molecule has 4 aromatic rings. The Bertz CT molecular complexity index is 1650. The van der Waals surface area contributed by atoms with E-state index in [0.717, 1.165) is 83.7 Å². The highest BCUT2D eigenvalue weighted by Crippen LogP contribution is 2.42. The number of rotatable bonds is 7. The van der Waals surface area contributed by atoms with Gasteiger partial charge in [-0.15, -0.1) is 0 Å². The van der Waals surface area contributed by atoms with E-state index in [1.54, 1.807) is 4.90 Å². The second kappa shape index (κ2) is 11.9. The third kappa shape index (κ3) is 5.43. The van der Waals surface area contributed by atoms with Crippen LogP contribution in [0.4, 0.5) is 14.5 Å². The molecule has 2 amide bonds. The van der Waals surface area contributed by atoms with Crippen LogP contribution in [0.3, 0.4) is 0 Å². The molecule has 43 heavy (non-hydrogen) atoms. The number of halogens is 2. The molecule has 0 radical (unpaired) electrons. The van der Waals surface area contributed by atoms with E-state index in [1.807, 2.05) is 32.9 Å². The number of nitrogens with one attached hydrogen (secondary N) is 1. The number of hydrogen-bond acceptors (Lipinski definition) is 5. The van der Waals surface area contributed by atoms with Crippen molar-refractivity contribution in [3.05, 3.63) is 65.3 Å². The quantitative estimate of drug-likeness (QED) is 0.248. The van der Waals surface area contributed by atoms with Gasteiger partial charge in [-0.05, 0) is 88.6 Å². The number of fused-ring (bicyclic) bond motifs is 1. The maximum Gasteiger partial charge on any atom is 0.227 e. The van der Waals surface area contributed by atoms with Crippen molar-refractivity contribution in [2.24, 2.45) is 5.92 Å². The minimum atomic E-state index is -0.994. The zero-order valence-corrected chi connectivity index (χ0v) is 24.8. The van der Waals surface area contributed by atoms with Crippen molar-refractivity contribution in [3.8, 4) is 11.1 Å². The Morgan fingerprint density at radius 1 is 1.05 bits per heavy atom. The molecular weight excluding hydrogens is 552 g/mol. The summed E-state index contributed by atoms with van der Waals surface area (Å²) in [5.74, 6) is -0.560. The smallest absolute Gasteiger partial charge is 0.227 e. The lowest BCUT2D eigenvalue weighted by atomic mass is 9.85. The van der Waals surface area contributed by atoms with Crippen LogP contribution in [-0.4, -0.2) is 33.1 Å². The van der Waals surface area contributed by atoms with Crippen molar-refractivity contribution in [2.45, 2.75) is 84.2 Å². The molecule has 2 aromatic carbocycles. The number of hydrogen-bond donors (Lipinski definition) is 1. The Morgan fingerprint density at radius 2 is 1.84 bits per heavy atom. The van der Waals surface area contributed by atoms with Crippen molar-refractivity contribution in [1.82, 2.24) is 20.0 Å². The summed E-state index contributed by atoms with van der Waals surface area (Å²) in [6, 6.07) is 9.35. The van der Waals surface area contributed by atoms with E-state index in [0.29, 0.717) is 31.5 Å². The summed E-state index contributed by atoms with van der Waals surface area (Å²) in [5, 5.41) is 7.15. The van der Waals surface area contributed by atoms with Crippen LogP contribution in [0.2, 0.25) is 0 Å². The molecule has 0 unspecified atom stereocenters. The first-order chi connectivity index (χ1) is 20.8. The van der Waals surface area contributed by atoms with Gasteiger partial charge >= 0.3 is 0 Å². The van der Waals surface area contributed by atoms with Crippen molar-refractivity contribution in [1.29, 1.82) is 0 Å². The van der Waals surface area contributed by atoms with Crippen LogP contribution >= 0.6 is 0 Å². The zero-order chi connectivity index (χ0) is 30.2. The summed E-state index contributed by atoms with van der Waals surface area (Å²) in [5.41, 5.74) is 4.69. The molecule has 2 fully saturated rings. The average Bonchev–Trinajstić information content (AvgIpc) is 3.55. The van der Waals surface area contributed by atoms with Gasteiger partial charge in [0.1, 0.15) is 11.6 Å². The summed E-state index contributed by atoms with van der Waals surface area (Å²) >= 11 is 0. The average molecular weight is 590 g/mol. The van der Waals surface area contributed by atoms with Crippen LogP contribution in [0.25, 0.3) is 22.2 Å². The van der Waals surface area contributed by atoms with Crippen molar-refractivity contribution >= 4 is 28.5 Å². The topological polar surface area (TPSA) is 93.3 Å². The SMILES string of the molecule is CCCNC(=O)C1CCC(n2c([C@@H]3CCCC(=O)N3c3ccc(F)c(F)c3)nc3cc(-c4c(C)noc4C)ccc32)CC1. The molecule has 1 N–H and O–H groups in total. The maximum absolute atomic E-state index is 14.4. The predicted molar refractivity (Wildman–Crippen MR) is 159 cm³/mol. The van der Waals surface area contributed by atoms with Gasteiger partial charge in [-0.1, -0.05) is 18.1 Å². The predicted octanol–water partition coefficient (Wildman–Crippen LogP) is 7.10. The van der Waals surface area contributed by atoms with Gasteiger partial charge in [0.15, 0.2) is 11.6 Å². The Balaban J connectivity index is 1.43.